The molecule has 382 valence electrons. The molecule has 0 aromatic carbocycles. The van der Waals surface area contributed by atoms with Crippen LogP contribution < -0.4 is 0 Å². The van der Waals surface area contributed by atoms with Crippen molar-refractivity contribution in [2.75, 3.05) is 13.2 Å². The van der Waals surface area contributed by atoms with Crippen LogP contribution in [0.25, 0.3) is 0 Å². The first-order valence-electron chi connectivity index (χ1n) is 28.3. The molecule has 0 unspecified atom stereocenters. The molecule has 0 amide bonds. The number of hydrogen-bond acceptors (Lipinski definition) is 6. The zero-order valence-corrected chi connectivity index (χ0v) is 43.7. The smallest absolute Gasteiger partial charge is 0.306 e. The molecule has 0 aliphatic carbocycles. The van der Waals surface area contributed by atoms with Gasteiger partial charge in [-0.05, 0) is 89.9 Å². The Kier molecular flexibility index (Phi) is 52.3. The number of unbranched alkanes of at least 4 members (excludes halogenated alkanes) is 30. The van der Waals surface area contributed by atoms with Crippen molar-refractivity contribution in [1.29, 1.82) is 0 Å². The van der Waals surface area contributed by atoms with Gasteiger partial charge in [0.15, 0.2) is 6.10 Å². The number of carbonyl (C=O) groups excluding carboxylic acids is 3. The van der Waals surface area contributed by atoms with Gasteiger partial charge in [0.05, 0.1) is 0 Å². The van der Waals surface area contributed by atoms with Crippen LogP contribution in [0.3, 0.4) is 0 Å². The quantitative estimate of drug-likeness (QED) is 0.0262. The lowest BCUT2D eigenvalue weighted by Gasteiger charge is -2.18. The van der Waals surface area contributed by atoms with Crippen LogP contribution in [0.2, 0.25) is 0 Å². The molecule has 0 rings (SSSR count). The Morgan fingerprint density at radius 3 is 0.909 bits per heavy atom. The van der Waals surface area contributed by atoms with Crippen LogP contribution in [0.4, 0.5) is 0 Å². The standard InChI is InChI=1S/C60H106O6/c1-4-7-10-13-16-19-22-25-27-29-30-31-33-35-38-41-44-47-50-53-59(62)65-56-57(55-64-58(61)52-49-46-43-40-37-34-24-21-18-15-12-9-6-3)66-60(63)54-51-48-45-42-39-36-32-28-26-23-20-17-14-11-8-5-2/h16,19,25,27-28,30-32,35,38,57H,4-15,17-18,20-24,26,29,33-34,36-37,39-56H2,1-3H3/b19-16-,27-25-,31-30-,32-28-,38-35-/t57-/m1/s1. The Bertz CT molecular complexity index is 1200. The first-order valence-corrected chi connectivity index (χ1v) is 28.3. The van der Waals surface area contributed by atoms with E-state index in [0.29, 0.717) is 19.3 Å². The first kappa shape index (κ1) is 63.1. The Morgan fingerprint density at radius 2 is 0.545 bits per heavy atom. The topological polar surface area (TPSA) is 78.9 Å². The van der Waals surface area contributed by atoms with Crippen LogP contribution >= 0.6 is 0 Å². The first-order chi connectivity index (χ1) is 32.5. The van der Waals surface area contributed by atoms with Crippen molar-refractivity contribution in [1.82, 2.24) is 0 Å². The number of esters is 3. The summed E-state index contributed by atoms with van der Waals surface area (Å²) in [6, 6.07) is 0. The summed E-state index contributed by atoms with van der Waals surface area (Å²) in [4.78, 5) is 38.1. The highest BCUT2D eigenvalue weighted by atomic mass is 16.6. The molecule has 0 bridgehead atoms. The zero-order valence-electron chi connectivity index (χ0n) is 43.7. The van der Waals surface area contributed by atoms with Gasteiger partial charge >= 0.3 is 17.9 Å². The summed E-state index contributed by atoms with van der Waals surface area (Å²) >= 11 is 0. The third-order valence-corrected chi connectivity index (χ3v) is 12.2. The third-order valence-electron chi connectivity index (χ3n) is 12.2. The van der Waals surface area contributed by atoms with Gasteiger partial charge in [0.2, 0.25) is 0 Å². The van der Waals surface area contributed by atoms with Crippen molar-refractivity contribution in [3.05, 3.63) is 60.8 Å². The van der Waals surface area contributed by atoms with Gasteiger partial charge in [-0.1, -0.05) is 236 Å². The van der Waals surface area contributed by atoms with E-state index in [-0.39, 0.29) is 31.1 Å². The van der Waals surface area contributed by atoms with Crippen LogP contribution in [0.15, 0.2) is 60.8 Å². The van der Waals surface area contributed by atoms with E-state index in [4.69, 9.17) is 14.2 Å². The van der Waals surface area contributed by atoms with E-state index in [1.807, 2.05) is 0 Å². The number of allylic oxidation sites excluding steroid dienone is 10. The maximum Gasteiger partial charge on any atom is 0.306 e. The van der Waals surface area contributed by atoms with E-state index in [0.717, 1.165) is 96.3 Å². The summed E-state index contributed by atoms with van der Waals surface area (Å²) in [7, 11) is 0. The molecule has 0 N–H and O–H groups in total. The van der Waals surface area contributed by atoms with Gasteiger partial charge in [-0.3, -0.25) is 14.4 Å². The van der Waals surface area contributed by atoms with Crippen LogP contribution in [-0.2, 0) is 28.6 Å². The fourth-order valence-corrected chi connectivity index (χ4v) is 7.95. The van der Waals surface area contributed by atoms with Crippen LogP contribution in [0, 0.1) is 0 Å². The van der Waals surface area contributed by atoms with E-state index < -0.39 is 6.10 Å². The molecule has 0 aliphatic heterocycles. The lowest BCUT2D eigenvalue weighted by Crippen LogP contribution is -2.30. The van der Waals surface area contributed by atoms with Gasteiger partial charge < -0.3 is 14.2 Å². The molecule has 0 aromatic rings. The van der Waals surface area contributed by atoms with Crippen molar-refractivity contribution < 1.29 is 28.6 Å². The summed E-state index contributed by atoms with van der Waals surface area (Å²) in [5.74, 6) is -0.916. The van der Waals surface area contributed by atoms with Crippen molar-refractivity contribution in [2.24, 2.45) is 0 Å². The molecular weight excluding hydrogens is 817 g/mol. The molecule has 1 atom stereocenters. The van der Waals surface area contributed by atoms with E-state index in [9.17, 15) is 14.4 Å². The largest absolute Gasteiger partial charge is 0.462 e. The van der Waals surface area contributed by atoms with Crippen molar-refractivity contribution >= 4 is 17.9 Å². The monoisotopic (exact) mass is 923 g/mol. The minimum Gasteiger partial charge on any atom is -0.462 e. The number of ether oxygens (including phenoxy) is 3. The van der Waals surface area contributed by atoms with Crippen molar-refractivity contribution in [2.45, 2.75) is 290 Å². The molecule has 6 nitrogen and oxygen atoms in total. The minimum absolute atomic E-state index is 0.0855. The van der Waals surface area contributed by atoms with Crippen LogP contribution in [0.1, 0.15) is 284 Å². The number of hydrogen-bond donors (Lipinski definition) is 0. The molecule has 66 heavy (non-hydrogen) atoms. The highest BCUT2D eigenvalue weighted by molar-refractivity contribution is 5.71. The summed E-state index contributed by atoms with van der Waals surface area (Å²) in [6.07, 6.45) is 67.7. The van der Waals surface area contributed by atoms with E-state index in [1.54, 1.807) is 0 Å². The van der Waals surface area contributed by atoms with Gasteiger partial charge in [0.1, 0.15) is 13.2 Å². The van der Waals surface area contributed by atoms with Crippen molar-refractivity contribution in [3.8, 4) is 0 Å². The van der Waals surface area contributed by atoms with E-state index in [1.165, 1.54) is 148 Å². The second-order valence-corrected chi connectivity index (χ2v) is 18.8. The fraction of sp³-hybridized carbons (Fsp3) is 0.783. The Labute approximate surface area is 409 Å². The molecule has 0 radical (unpaired) electrons. The molecule has 6 heteroatoms. The Morgan fingerprint density at radius 1 is 0.303 bits per heavy atom. The molecule has 0 fully saturated rings. The maximum absolute atomic E-state index is 12.8. The van der Waals surface area contributed by atoms with Gasteiger partial charge in [0.25, 0.3) is 0 Å². The molecular formula is C60H106O6. The minimum atomic E-state index is -0.789. The highest BCUT2D eigenvalue weighted by Crippen LogP contribution is 2.15. The molecule has 0 aromatic heterocycles. The second kappa shape index (κ2) is 54.7. The van der Waals surface area contributed by atoms with Gasteiger partial charge in [-0.25, -0.2) is 0 Å². The highest BCUT2D eigenvalue weighted by Gasteiger charge is 2.19. The van der Waals surface area contributed by atoms with E-state index in [2.05, 4.69) is 81.5 Å². The molecule has 0 spiro atoms. The van der Waals surface area contributed by atoms with Crippen LogP contribution in [0.5, 0.6) is 0 Å². The summed E-state index contributed by atoms with van der Waals surface area (Å²) < 4.78 is 16.8. The summed E-state index contributed by atoms with van der Waals surface area (Å²) in [5, 5.41) is 0. The molecule has 0 saturated heterocycles. The van der Waals surface area contributed by atoms with Gasteiger partial charge in [-0.15, -0.1) is 0 Å². The zero-order chi connectivity index (χ0) is 47.9. The Hall–Kier alpha value is -2.89. The van der Waals surface area contributed by atoms with Crippen LogP contribution in [-0.4, -0.2) is 37.2 Å². The molecule has 0 aliphatic rings. The maximum atomic E-state index is 12.8. The average Bonchev–Trinajstić information content (AvgIpc) is 3.31. The predicted octanol–water partition coefficient (Wildman–Crippen LogP) is 18.8. The fourth-order valence-electron chi connectivity index (χ4n) is 7.95. The molecule has 0 saturated carbocycles. The summed E-state index contributed by atoms with van der Waals surface area (Å²) in [6.45, 7) is 6.59. The number of rotatable bonds is 51. The third kappa shape index (κ3) is 52.1. The molecule has 0 heterocycles. The summed E-state index contributed by atoms with van der Waals surface area (Å²) in [5.41, 5.74) is 0. The average molecular weight is 924 g/mol. The lowest BCUT2D eigenvalue weighted by molar-refractivity contribution is -0.167. The SMILES string of the molecule is CCCCC/C=C\C/C=C\C/C=C\C/C=C\CCCCCC(=O)OC[C@@H](COC(=O)CCCCCCCCCCCCCCC)OC(=O)CCCCCCC/C=C\CCCCCCCCC. The predicted molar refractivity (Wildman–Crippen MR) is 284 cm³/mol. The van der Waals surface area contributed by atoms with Gasteiger partial charge in [0, 0.05) is 19.3 Å². The van der Waals surface area contributed by atoms with Gasteiger partial charge in [-0.2, -0.15) is 0 Å². The second-order valence-electron chi connectivity index (χ2n) is 18.8. The number of carbonyl (C=O) groups is 3. The normalized spacial score (nSPS) is 12.5. The Balaban J connectivity index is 4.43. The lowest BCUT2D eigenvalue weighted by atomic mass is 10.0. The van der Waals surface area contributed by atoms with Crippen molar-refractivity contribution in [3.63, 3.8) is 0 Å². The van der Waals surface area contributed by atoms with E-state index >= 15 is 0 Å².